The summed E-state index contributed by atoms with van der Waals surface area (Å²) < 4.78 is 4.59. The van der Waals surface area contributed by atoms with Gasteiger partial charge in [-0.05, 0) is 18.8 Å². The second kappa shape index (κ2) is 7.73. The summed E-state index contributed by atoms with van der Waals surface area (Å²) in [6.45, 7) is -0.357. The molecule has 0 saturated heterocycles. The van der Waals surface area contributed by atoms with Gasteiger partial charge >= 0.3 is 12.0 Å². The van der Waals surface area contributed by atoms with Crippen LogP contribution in [0.25, 0.3) is 0 Å². The minimum Gasteiger partial charge on any atom is -0.480 e. The second-order valence-corrected chi connectivity index (χ2v) is 4.77. The predicted octanol–water partition coefficient (Wildman–Crippen LogP) is 0.446. The van der Waals surface area contributed by atoms with E-state index in [2.05, 4.69) is 10.1 Å². The van der Waals surface area contributed by atoms with Crippen LogP contribution in [-0.2, 0) is 14.3 Å². The van der Waals surface area contributed by atoms with Crippen molar-refractivity contribution in [1.82, 2.24) is 10.2 Å². The fraction of sp³-hybridized carbons (Fsp3) is 0.750. The van der Waals surface area contributed by atoms with E-state index < -0.39 is 31.1 Å². The van der Waals surface area contributed by atoms with Crippen LogP contribution in [0, 0.1) is 5.92 Å². The molecule has 0 unspecified atom stereocenters. The molecule has 0 heterocycles. The maximum Gasteiger partial charge on any atom is 0.329 e. The molecule has 0 aromatic heterocycles. The minimum atomic E-state index is -1.16. The lowest BCUT2D eigenvalue weighted by Crippen LogP contribution is -2.43. The Morgan fingerprint density at radius 3 is 2.47 bits per heavy atom. The predicted molar refractivity (Wildman–Crippen MR) is 66.6 cm³/mol. The number of aliphatic carboxylic acids is 1. The highest BCUT2D eigenvalue weighted by molar-refractivity contribution is 5.94. The van der Waals surface area contributed by atoms with E-state index in [-0.39, 0.29) is 0 Å². The molecule has 19 heavy (non-hydrogen) atoms. The van der Waals surface area contributed by atoms with Gasteiger partial charge in [-0.1, -0.05) is 12.8 Å². The Labute approximate surface area is 111 Å². The van der Waals surface area contributed by atoms with Gasteiger partial charge in [0.15, 0.2) is 0 Å². The number of carbonyl (C=O) groups excluding carboxylic acids is 2. The lowest BCUT2D eigenvalue weighted by molar-refractivity contribution is -0.143. The first-order valence-corrected chi connectivity index (χ1v) is 6.33. The van der Waals surface area contributed by atoms with Crippen LogP contribution in [0.3, 0.4) is 0 Å². The summed E-state index contributed by atoms with van der Waals surface area (Å²) >= 11 is 0. The number of carbonyl (C=O) groups is 3. The van der Waals surface area contributed by atoms with Crippen molar-refractivity contribution < 1.29 is 24.2 Å². The van der Waals surface area contributed by atoms with Crippen molar-refractivity contribution in [2.75, 3.05) is 26.8 Å². The van der Waals surface area contributed by atoms with E-state index in [1.54, 1.807) is 7.05 Å². The fourth-order valence-electron chi connectivity index (χ4n) is 2.14. The lowest BCUT2D eigenvalue weighted by Gasteiger charge is -2.20. The zero-order valence-corrected chi connectivity index (χ0v) is 11.1. The summed E-state index contributed by atoms with van der Waals surface area (Å²) in [4.78, 5) is 34.6. The Kier molecular flexibility index (Phi) is 6.27. The summed E-state index contributed by atoms with van der Waals surface area (Å²) in [6, 6.07) is -0.476. The van der Waals surface area contributed by atoms with Gasteiger partial charge in [-0.2, -0.15) is 0 Å². The third-order valence-corrected chi connectivity index (χ3v) is 3.06. The van der Waals surface area contributed by atoms with Crippen molar-refractivity contribution >= 4 is 17.9 Å². The monoisotopic (exact) mass is 272 g/mol. The van der Waals surface area contributed by atoms with E-state index in [0.29, 0.717) is 12.5 Å². The van der Waals surface area contributed by atoms with Gasteiger partial charge < -0.3 is 14.7 Å². The Balaban J connectivity index is 2.20. The third-order valence-electron chi connectivity index (χ3n) is 3.06. The molecule has 0 aromatic carbocycles. The zero-order valence-electron chi connectivity index (χ0n) is 11.1. The molecular weight excluding hydrogens is 252 g/mol. The summed E-state index contributed by atoms with van der Waals surface area (Å²) in [5.74, 6) is -1.28. The van der Waals surface area contributed by atoms with Gasteiger partial charge in [0.2, 0.25) is 0 Å². The van der Waals surface area contributed by atoms with E-state index in [0.717, 1.165) is 12.8 Å². The average Bonchev–Trinajstić information content (AvgIpc) is 2.81. The van der Waals surface area contributed by atoms with E-state index in [1.165, 1.54) is 17.7 Å². The molecule has 0 atom stereocenters. The molecule has 1 rings (SSSR count). The molecule has 0 aliphatic heterocycles. The van der Waals surface area contributed by atoms with Crippen LogP contribution in [-0.4, -0.2) is 54.7 Å². The number of nitrogens with zero attached hydrogens (tertiary/aromatic N) is 1. The molecule has 7 heteroatoms. The second-order valence-electron chi connectivity index (χ2n) is 4.77. The van der Waals surface area contributed by atoms with Crippen LogP contribution in [0.5, 0.6) is 0 Å². The van der Waals surface area contributed by atoms with Crippen LogP contribution in [0.4, 0.5) is 4.79 Å². The molecular formula is C12H20N2O5. The molecule has 3 amide bonds. The quantitative estimate of drug-likeness (QED) is 0.731. The van der Waals surface area contributed by atoms with E-state index >= 15 is 0 Å². The normalized spacial score (nSPS) is 15.2. The van der Waals surface area contributed by atoms with Crippen molar-refractivity contribution in [3.05, 3.63) is 0 Å². The maximum atomic E-state index is 11.7. The molecule has 0 aromatic rings. The van der Waals surface area contributed by atoms with Crippen molar-refractivity contribution in [1.29, 1.82) is 0 Å². The van der Waals surface area contributed by atoms with Gasteiger partial charge in [-0.15, -0.1) is 0 Å². The maximum absolute atomic E-state index is 11.7. The van der Waals surface area contributed by atoms with Crippen LogP contribution in [0.2, 0.25) is 0 Å². The molecule has 1 saturated carbocycles. The topological polar surface area (TPSA) is 95.9 Å². The number of urea groups is 1. The Morgan fingerprint density at radius 2 is 1.89 bits per heavy atom. The third kappa shape index (κ3) is 6.19. The molecule has 0 bridgehead atoms. The molecule has 7 nitrogen and oxygen atoms in total. The molecule has 108 valence electrons. The van der Waals surface area contributed by atoms with Crippen LogP contribution in [0.15, 0.2) is 0 Å². The van der Waals surface area contributed by atoms with Gasteiger partial charge in [0.05, 0.1) is 0 Å². The van der Waals surface area contributed by atoms with E-state index in [4.69, 9.17) is 5.11 Å². The van der Waals surface area contributed by atoms with Crippen LogP contribution in [0.1, 0.15) is 25.7 Å². The smallest absolute Gasteiger partial charge is 0.329 e. The molecule has 1 aliphatic rings. The summed E-state index contributed by atoms with van der Waals surface area (Å²) in [5.41, 5.74) is 0. The lowest BCUT2D eigenvalue weighted by atomic mass is 10.1. The first-order chi connectivity index (χ1) is 8.99. The molecule has 0 spiro atoms. The number of hydrogen-bond acceptors (Lipinski definition) is 4. The standard InChI is InChI=1S/C12H20N2O5/c1-14(6-9-4-2-3-5-9)12(18)13-10(15)7-19-8-11(16)17/h9H,2-8H2,1H3,(H,16,17)(H,13,15,18). The Morgan fingerprint density at radius 1 is 1.26 bits per heavy atom. The van der Waals surface area contributed by atoms with Gasteiger partial charge in [0, 0.05) is 13.6 Å². The van der Waals surface area contributed by atoms with Gasteiger partial charge in [0.1, 0.15) is 13.2 Å². The SMILES string of the molecule is CN(CC1CCCC1)C(=O)NC(=O)COCC(=O)O. The highest BCUT2D eigenvalue weighted by atomic mass is 16.5. The van der Waals surface area contributed by atoms with Crippen LogP contribution < -0.4 is 5.32 Å². The minimum absolute atomic E-state index is 0.435. The van der Waals surface area contributed by atoms with E-state index in [9.17, 15) is 14.4 Å². The Hall–Kier alpha value is -1.63. The van der Waals surface area contributed by atoms with Crippen molar-refractivity contribution in [3.8, 4) is 0 Å². The molecule has 1 fully saturated rings. The summed E-state index contributed by atoms with van der Waals surface area (Å²) in [7, 11) is 1.64. The van der Waals surface area contributed by atoms with Crippen LogP contribution >= 0.6 is 0 Å². The van der Waals surface area contributed by atoms with Gasteiger partial charge in [0.25, 0.3) is 5.91 Å². The number of nitrogens with one attached hydrogen (secondary N) is 1. The number of rotatable bonds is 6. The number of amides is 3. The highest BCUT2D eigenvalue weighted by Gasteiger charge is 2.20. The number of carboxylic acid groups (broad SMARTS) is 1. The Bertz CT molecular complexity index is 339. The molecule has 2 N–H and O–H groups in total. The van der Waals surface area contributed by atoms with Crippen molar-refractivity contribution in [2.45, 2.75) is 25.7 Å². The first kappa shape index (κ1) is 15.4. The fourth-order valence-corrected chi connectivity index (χ4v) is 2.14. The van der Waals surface area contributed by atoms with E-state index in [1.807, 2.05) is 0 Å². The number of hydrogen-bond donors (Lipinski definition) is 2. The molecule has 0 radical (unpaired) electrons. The van der Waals surface area contributed by atoms with Crippen molar-refractivity contribution in [2.24, 2.45) is 5.92 Å². The first-order valence-electron chi connectivity index (χ1n) is 6.33. The summed E-state index contributed by atoms with van der Waals surface area (Å²) in [5, 5.41) is 10.5. The van der Waals surface area contributed by atoms with Crippen molar-refractivity contribution in [3.63, 3.8) is 0 Å². The summed E-state index contributed by atoms with van der Waals surface area (Å²) in [6.07, 6.45) is 4.63. The van der Waals surface area contributed by atoms with Gasteiger partial charge in [-0.3, -0.25) is 10.1 Å². The zero-order chi connectivity index (χ0) is 14.3. The highest BCUT2D eigenvalue weighted by Crippen LogP contribution is 2.24. The number of carboxylic acids is 1. The number of imide groups is 1. The average molecular weight is 272 g/mol. The number of ether oxygens (including phenoxy) is 1. The largest absolute Gasteiger partial charge is 0.480 e. The van der Waals surface area contributed by atoms with Gasteiger partial charge in [-0.25, -0.2) is 9.59 Å². The molecule has 1 aliphatic carbocycles.